The van der Waals surface area contributed by atoms with Crippen molar-refractivity contribution < 1.29 is 9.47 Å². The van der Waals surface area contributed by atoms with Crippen LogP contribution < -0.4 is 4.74 Å². The lowest BCUT2D eigenvalue weighted by Gasteiger charge is -2.19. The summed E-state index contributed by atoms with van der Waals surface area (Å²) in [5.74, 6) is 0.956. The van der Waals surface area contributed by atoms with Crippen molar-refractivity contribution >= 4 is 0 Å². The molecular weight excluding hydrogens is 200 g/mol. The Bertz CT molecular complexity index is 337. The lowest BCUT2D eigenvalue weighted by Crippen LogP contribution is -2.22. The smallest absolute Gasteiger partial charge is 0.122 e. The molecule has 0 aliphatic rings. The van der Waals surface area contributed by atoms with E-state index in [0.29, 0.717) is 13.2 Å². The Morgan fingerprint density at radius 2 is 1.75 bits per heavy atom. The van der Waals surface area contributed by atoms with Crippen molar-refractivity contribution in [3.63, 3.8) is 0 Å². The quantitative estimate of drug-likeness (QED) is 0.726. The molecule has 2 nitrogen and oxygen atoms in total. The molecule has 0 unspecified atom stereocenters. The van der Waals surface area contributed by atoms with Crippen LogP contribution in [0.25, 0.3) is 0 Å². The van der Waals surface area contributed by atoms with Crippen molar-refractivity contribution in [3.8, 4) is 5.75 Å². The molecule has 0 fully saturated rings. The molecule has 0 amide bonds. The molecular formula is C14H22O2. The van der Waals surface area contributed by atoms with Crippen LogP contribution in [0.15, 0.2) is 18.2 Å². The summed E-state index contributed by atoms with van der Waals surface area (Å²) in [6.07, 6.45) is 0. The Kier molecular flexibility index (Phi) is 4.36. The summed E-state index contributed by atoms with van der Waals surface area (Å²) < 4.78 is 11.3. The van der Waals surface area contributed by atoms with Crippen LogP contribution >= 0.6 is 0 Å². The molecule has 2 heteroatoms. The number of aryl methyl sites for hydroxylation is 2. The predicted molar refractivity (Wildman–Crippen MR) is 67.1 cm³/mol. The largest absolute Gasteiger partial charge is 0.491 e. The van der Waals surface area contributed by atoms with Gasteiger partial charge in [0.2, 0.25) is 0 Å². The molecule has 16 heavy (non-hydrogen) atoms. The van der Waals surface area contributed by atoms with Crippen LogP contribution in [0.5, 0.6) is 5.75 Å². The van der Waals surface area contributed by atoms with E-state index >= 15 is 0 Å². The maximum absolute atomic E-state index is 5.69. The Morgan fingerprint density at radius 3 is 2.38 bits per heavy atom. The van der Waals surface area contributed by atoms with E-state index in [4.69, 9.17) is 9.47 Å². The van der Waals surface area contributed by atoms with Gasteiger partial charge in [-0.15, -0.1) is 0 Å². The van der Waals surface area contributed by atoms with Crippen LogP contribution in [0, 0.1) is 13.8 Å². The fraction of sp³-hybridized carbons (Fsp3) is 0.571. The molecule has 0 atom stereocenters. The van der Waals surface area contributed by atoms with Gasteiger partial charge in [-0.3, -0.25) is 0 Å². The van der Waals surface area contributed by atoms with Gasteiger partial charge in [0.25, 0.3) is 0 Å². The van der Waals surface area contributed by atoms with Gasteiger partial charge in [-0.05, 0) is 51.8 Å². The zero-order valence-electron chi connectivity index (χ0n) is 11.0. The van der Waals surface area contributed by atoms with Crippen molar-refractivity contribution in [2.75, 3.05) is 13.2 Å². The Hall–Kier alpha value is -1.02. The van der Waals surface area contributed by atoms with Crippen molar-refractivity contribution in [2.24, 2.45) is 0 Å². The molecule has 0 N–H and O–H groups in total. The monoisotopic (exact) mass is 222 g/mol. The van der Waals surface area contributed by atoms with Gasteiger partial charge in [-0.25, -0.2) is 0 Å². The van der Waals surface area contributed by atoms with Crippen LogP contribution in [0.1, 0.15) is 31.9 Å². The molecule has 0 saturated heterocycles. The minimum Gasteiger partial charge on any atom is -0.491 e. The van der Waals surface area contributed by atoms with E-state index in [1.165, 1.54) is 11.1 Å². The van der Waals surface area contributed by atoms with Crippen molar-refractivity contribution in [1.29, 1.82) is 0 Å². The van der Waals surface area contributed by atoms with E-state index in [1.54, 1.807) is 0 Å². The maximum atomic E-state index is 5.69. The molecule has 0 radical (unpaired) electrons. The third-order valence-corrected chi connectivity index (χ3v) is 2.22. The topological polar surface area (TPSA) is 18.5 Å². The second kappa shape index (κ2) is 5.35. The van der Waals surface area contributed by atoms with Crippen LogP contribution in [0.3, 0.4) is 0 Å². The Morgan fingerprint density at radius 1 is 1.06 bits per heavy atom. The summed E-state index contributed by atoms with van der Waals surface area (Å²) in [5, 5.41) is 0. The van der Waals surface area contributed by atoms with Crippen LogP contribution in [0.4, 0.5) is 0 Å². The lowest BCUT2D eigenvalue weighted by molar-refractivity contribution is -0.0163. The molecule has 1 aromatic rings. The minimum atomic E-state index is -0.0923. The van der Waals surface area contributed by atoms with Crippen LogP contribution in [-0.4, -0.2) is 18.8 Å². The van der Waals surface area contributed by atoms with Gasteiger partial charge in [0.15, 0.2) is 0 Å². The second-order valence-electron chi connectivity index (χ2n) is 5.08. The number of hydrogen-bond acceptors (Lipinski definition) is 2. The highest BCUT2D eigenvalue weighted by molar-refractivity contribution is 5.35. The molecule has 1 aromatic carbocycles. The highest BCUT2D eigenvalue weighted by atomic mass is 16.5. The van der Waals surface area contributed by atoms with Crippen LogP contribution in [0.2, 0.25) is 0 Å². The van der Waals surface area contributed by atoms with Gasteiger partial charge in [-0.2, -0.15) is 0 Å². The molecule has 0 saturated carbocycles. The Labute approximate surface area is 98.6 Å². The summed E-state index contributed by atoms with van der Waals surface area (Å²) in [7, 11) is 0. The number of hydrogen-bond donors (Lipinski definition) is 0. The van der Waals surface area contributed by atoms with Crippen molar-refractivity contribution in [3.05, 3.63) is 29.3 Å². The van der Waals surface area contributed by atoms with Gasteiger partial charge in [-0.1, -0.05) is 12.1 Å². The first-order valence-corrected chi connectivity index (χ1v) is 5.72. The van der Waals surface area contributed by atoms with E-state index in [1.807, 2.05) is 20.8 Å². The minimum absolute atomic E-state index is 0.0923. The van der Waals surface area contributed by atoms with Gasteiger partial charge >= 0.3 is 0 Å². The summed E-state index contributed by atoms with van der Waals surface area (Å²) in [4.78, 5) is 0. The first-order valence-electron chi connectivity index (χ1n) is 5.72. The maximum Gasteiger partial charge on any atom is 0.122 e. The fourth-order valence-corrected chi connectivity index (χ4v) is 1.36. The molecule has 0 heterocycles. The first kappa shape index (κ1) is 13.0. The zero-order chi connectivity index (χ0) is 12.2. The summed E-state index contributed by atoms with van der Waals surface area (Å²) in [6.45, 7) is 11.5. The van der Waals surface area contributed by atoms with Gasteiger partial charge < -0.3 is 9.47 Å². The average molecular weight is 222 g/mol. The first-order chi connectivity index (χ1) is 7.38. The second-order valence-corrected chi connectivity index (χ2v) is 5.08. The molecule has 0 aromatic heterocycles. The van der Waals surface area contributed by atoms with Crippen LogP contribution in [-0.2, 0) is 4.74 Å². The molecule has 0 spiro atoms. The van der Waals surface area contributed by atoms with Gasteiger partial charge in [0, 0.05) is 0 Å². The third kappa shape index (κ3) is 4.67. The van der Waals surface area contributed by atoms with Gasteiger partial charge in [0.05, 0.1) is 12.2 Å². The fourth-order valence-electron chi connectivity index (χ4n) is 1.36. The van der Waals surface area contributed by atoms with E-state index in [2.05, 4.69) is 32.0 Å². The number of rotatable bonds is 4. The molecule has 0 bridgehead atoms. The highest BCUT2D eigenvalue weighted by Crippen LogP contribution is 2.19. The molecule has 1 rings (SSSR count). The lowest BCUT2D eigenvalue weighted by atomic mass is 10.1. The Balaban J connectivity index is 2.40. The van der Waals surface area contributed by atoms with E-state index in [9.17, 15) is 0 Å². The molecule has 0 aliphatic carbocycles. The molecule has 0 aliphatic heterocycles. The number of ether oxygens (including phenoxy) is 2. The summed E-state index contributed by atoms with van der Waals surface area (Å²) >= 11 is 0. The van der Waals surface area contributed by atoms with Crippen molar-refractivity contribution in [2.45, 2.75) is 40.2 Å². The predicted octanol–water partition coefficient (Wildman–Crippen LogP) is 3.50. The standard InChI is InChI=1S/C14H22O2/c1-11-6-7-12(2)13(10-11)15-8-9-16-14(3,4)5/h6-7,10H,8-9H2,1-5H3. The molecule has 90 valence electrons. The summed E-state index contributed by atoms with van der Waals surface area (Å²) in [6, 6.07) is 6.23. The normalized spacial score (nSPS) is 11.6. The zero-order valence-corrected chi connectivity index (χ0v) is 11.0. The third-order valence-electron chi connectivity index (χ3n) is 2.22. The van der Waals surface area contributed by atoms with E-state index < -0.39 is 0 Å². The van der Waals surface area contributed by atoms with Crippen molar-refractivity contribution in [1.82, 2.24) is 0 Å². The highest BCUT2D eigenvalue weighted by Gasteiger charge is 2.09. The SMILES string of the molecule is Cc1ccc(C)c(OCCOC(C)(C)C)c1. The summed E-state index contributed by atoms with van der Waals surface area (Å²) in [5.41, 5.74) is 2.30. The average Bonchev–Trinajstić information content (AvgIpc) is 2.16. The van der Waals surface area contributed by atoms with E-state index in [0.717, 1.165) is 5.75 Å². The van der Waals surface area contributed by atoms with Gasteiger partial charge in [0.1, 0.15) is 12.4 Å². The number of benzene rings is 1. The van der Waals surface area contributed by atoms with E-state index in [-0.39, 0.29) is 5.60 Å².